The van der Waals surface area contributed by atoms with Crippen LogP contribution in [0.5, 0.6) is 5.75 Å². The average Bonchev–Trinajstić information content (AvgIpc) is 3.16. The lowest BCUT2D eigenvalue weighted by Crippen LogP contribution is -2.13. The Bertz CT molecular complexity index is 999. The topological polar surface area (TPSA) is 112 Å². The molecule has 0 bridgehead atoms. The SMILES string of the molecule is CCn1cnnc1-c1cccc(NC(=O)c2cc([N+](=O)[O-])ccc2OC)c1. The molecule has 138 valence electrons. The van der Waals surface area contributed by atoms with E-state index in [1.54, 1.807) is 24.5 Å². The number of aryl methyl sites for hydroxylation is 1. The van der Waals surface area contributed by atoms with Crippen LogP contribution in [0.25, 0.3) is 11.4 Å². The van der Waals surface area contributed by atoms with Crippen LogP contribution >= 0.6 is 0 Å². The molecule has 0 unspecified atom stereocenters. The van der Waals surface area contributed by atoms with Crippen LogP contribution in [0.1, 0.15) is 17.3 Å². The fourth-order valence-corrected chi connectivity index (χ4v) is 2.63. The molecule has 0 aliphatic carbocycles. The van der Waals surface area contributed by atoms with Gasteiger partial charge in [0.25, 0.3) is 11.6 Å². The van der Waals surface area contributed by atoms with Crippen LogP contribution in [0.15, 0.2) is 48.8 Å². The molecule has 9 nitrogen and oxygen atoms in total. The van der Waals surface area contributed by atoms with Crippen molar-refractivity contribution in [2.45, 2.75) is 13.5 Å². The number of carbonyl (C=O) groups excluding carboxylic acids is 1. The van der Waals surface area contributed by atoms with Crippen LogP contribution in [0, 0.1) is 10.1 Å². The third-order valence-electron chi connectivity index (χ3n) is 3.97. The highest BCUT2D eigenvalue weighted by atomic mass is 16.6. The molecule has 0 atom stereocenters. The maximum atomic E-state index is 12.6. The first-order chi connectivity index (χ1) is 13.0. The van der Waals surface area contributed by atoms with Crippen LogP contribution in [0.2, 0.25) is 0 Å². The molecule has 9 heteroatoms. The number of aromatic nitrogens is 3. The molecule has 3 aromatic rings. The van der Waals surface area contributed by atoms with Gasteiger partial charge in [-0.3, -0.25) is 14.9 Å². The number of hydrogen-bond acceptors (Lipinski definition) is 6. The Morgan fingerprint density at radius 3 is 2.81 bits per heavy atom. The zero-order chi connectivity index (χ0) is 19.4. The van der Waals surface area contributed by atoms with Gasteiger partial charge in [-0.1, -0.05) is 12.1 Å². The van der Waals surface area contributed by atoms with Crippen molar-refractivity contribution in [2.75, 3.05) is 12.4 Å². The lowest BCUT2D eigenvalue weighted by atomic mass is 10.1. The Balaban J connectivity index is 1.90. The van der Waals surface area contributed by atoms with E-state index in [9.17, 15) is 14.9 Å². The van der Waals surface area contributed by atoms with Gasteiger partial charge >= 0.3 is 0 Å². The quantitative estimate of drug-likeness (QED) is 0.529. The molecule has 1 aromatic heterocycles. The molecule has 27 heavy (non-hydrogen) atoms. The van der Waals surface area contributed by atoms with Crippen molar-refractivity contribution in [1.29, 1.82) is 0 Å². The zero-order valence-corrected chi connectivity index (χ0v) is 14.7. The molecule has 0 aliphatic rings. The average molecular weight is 367 g/mol. The molecule has 1 amide bonds. The normalized spacial score (nSPS) is 10.4. The van der Waals surface area contributed by atoms with E-state index in [0.29, 0.717) is 18.1 Å². The van der Waals surface area contributed by atoms with Crippen molar-refractivity contribution in [2.24, 2.45) is 0 Å². The Morgan fingerprint density at radius 1 is 1.30 bits per heavy atom. The minimum absolute atomic E-state index is 0.0776. The summed E-state index contributed by atoms with van der Waals surface area (Å²) in [6.45, 7) is 2.69. The number of nitrogens with one attached hydrogen (secondary N) is 1. The highest BCUT2D eigenvalue weighted by Crippen LogP contribution is 2.26. The summed E-state index contributed by atoms with van der Waals surface area (Å²) in [5, 5.41) is 21.7. The fraction of sp³-hybridized carbons (Fsp3) is 0.167. The third kappa shape index (κ3) is 3.76. The van der Waals surface area contributed by atoms with E-state index in [1.807, 2.05) is 17.6 Å². The Hall–Kier alpha value is -3.75. The second kappa shape index (κ2) is 7.65. The standard InChI is InChI=1S/C18H17N5O4/c1-3-22-11-19-21-17(22)12-5-4-6-13(9-12)20-18(24)15-10-14(23(25)26)7-8-16(15)27-2/h4-11H,3H2,1-2H3,(H,20,24). The van der Waals surface area contributed by atoms with E-state index in [4.69, 9.17) is 4.74 Å². The van der Waals surface area contributed by atoms with Gasteiger partial charge < -0.3 is 14.6 Å². The van der Waals surface area contributed by atoms with E-state index >= 15 is 0 Å². The molecular formula is C18H17N5O4. The molecular weight excluding hydrogens is 350 g/mol. The number of nitro groups is 1. The first-order valence-electron chi connectivity index (χ1n) is 8.15. The van der Waals surface area contributed by atoms with Gasteiger partial charge in [0, 0.05) is 29.9 Å². The predicted molar refractivity (Wildman–Crippen MR) is 98.7 cm³/mol. The highest BCUT2D eigenvalue weighted by Gasteiger charge is 2.18. The summed E-state index contributed by atoms with van der Waals surface area (Å²) >= 11 is 0. The van der Waals surface area contributed by atoms with Gasteiger partial charge in [0.1, 0.15) is 12.1 Å². The highest BCUT2D eigenvalue weighted by molar-refractivity contribution is 6.06. The summed E-state index contributed by atoms with van der Waals surface area (Å²) in [5.41, 5.74) is 1.20. The van der Waals surface area contributed by atoms with Gasteiger partial charge in [-0.2, -0.15) is 0 Å². The number of methoxy groups -OCH3 is 1. The van der Waals surface area contributed by atoms with Crippen molar-refractivity contribution in [3.8, 4) is 17.1 Å². The van der Waals surface area contributed by atoms with Gasteiger partial charge in [-0.25, -0.2) is 0 Å². The number of non-ortho nitro benzene ring substituents is 1. The van der Waals surface area contributed by atoms with Crippen LogP contribution in [-0.4, -0.2) is 32.7 Å². The van der Waals surface area contributed by atoms with E-state index in [2.05, 4.69) is 15.5 Å². The Morgan fingerprint density at radius 2 is 2.11 bits per heavy atom. The molecule has 0 spiro atoms. The number of hydrogen-bond donors (Lipinski definition) is 1. The number of ether oxygens (including phenoxy) is 1. The van der Waals surface area contributed by atoms with Crippen LogP contribution in [-0.2, 0) is 6.54 Å². The third-order valence-corrected chi connectivity index (χ3v) is 3.97. The van der Waals surface area contributed by atoms with Crippen molar-refractivity contribution in [3.63, 3.8) is 0 Å². The van der Waals surface area contributed by atoms with Crippen molar-refractivity contribution >= 4 is 17.3 Å². The van der Waals surface area contributed by atoms with Crippen LogP contribution in [0.4, 0.5) is 11.4 Å². The van der Waals surface area contributed by atoms with Gasteiger partial charge in [-0.15, -0.1) is 10.2 Å². The summed E-state index contributed by atoms with van der Waals surface area (Å²) in [6, 6.07) is 11.0. The Labute approximate surface area is 154 Å². The molecule has 0 aliphatic heterocycles. The lowest BCUT2D eigenvalue weighted by molar-refractivity contribution is -0.384. The summed E-state index contributed by atoms with van der Waals surface area (Å²) < 4.78 is 7.03. The summed E-state index contributed by atoms with van der Waals surface area (Å²) in [5.74, 6) is 0.422. The smallest absolute Gasteiger partial charge is 0.270 e. The largest absolute Gasteiger partial charge is 0.496 e. The number of nitrogens with zero attached hydrogens (tertiary/aromatic N) is 4. The molecule has 0 saturated carbocycles. The number of amides is 1. The first-order valence-corrected chi connectivity index (χ1v) is 8.15. The molecule has 0 saturated heterocycles. The second-order valence-corrected chi connectivity index (χ2v) is 5.62. The van der Waals surface area contributed by atoms with Gasteiger partial charge in [-0.05, 0) is 25.1 Å². The predicted octanol–water partition coefficient (Wildman–Crippen LogP) is 3.13. The fourth-order valence-electron chi connectivity index (χ4n) is 2.63. The molecule has 1 N–H and O–H groups in total. The minimum Gasteiger partial charge on any atom is -0.496 e. The number of nitro benzene ring substituents is 1. The number of anilines is 1. The number of carbonyl (C=O) groups is 1. The van der Waals surface area contributed by atoms with E-state index in [0.717, 1.165) is 5.56 Å². The van der Waals surface area contributed by atoms with E-state index in [1.165, 1.54) is 25.3 Å². The number of benzene rings is 2. The molecule has 0 radical (unpaired) electrons. The van der Waals surface area contributed by atoms with Gasteiger partial charge in [0.15, 0.2) is 5.82 Å². The monoisotopic (exact) mass is 367 g/mol. The van der Waals surface area contributed by atoms with Crippen LogP contribution < -0.4 is 10.1 Å². The summed E-state index contributed by atoms with van der Waals surface area (Å²) in [7, 11) is 1.40. The van der Waals surface area contributed by atoms with Gasteiger partial charge in [0.2, 0.25) is 0 Å². The van der Waals surface area contributed by atoms with Crippen molar-refractivity contribution in [3.05, 3.63) is 64.5 Å². The maximum absolute atomic E-state index is 12.6. The molecule has 0 fully saturated rings. The molecule has 3 rings (SSSR count). The summed E-state index contributed by atoms with van der Waals surface area (Å²) in [6.07, 6.45) is 1.63. The maximum Gasteiger partial charge on any atom is 0.270 e. The summed E-state index contributed by atoms with van der Waals surface area (Å²) in [4.78, 5) is 23.1. The minimum atomic E-state index is -0.561. The second-order valence-electron chi connectivity index (χ2n) is 5.62. The lowest BCUT2D eigenvalue weighted by Gasteiger charge is -2.10. The number of rotatable bonds is 6. The van der Waals surface area contributed by atoms with Gasteiger partial charge in [0.05, 0.1) is 17.6 Å². The van der Waals surface area contributed by atoms with Crippen molar-refractivity contribution in [1.82, 2.24) is 14.8 Å². The van der Waals surface area contributed by atoms with Crippen LogP contribution in [0.3, 0.4) is 0 Å². The zero-order valence-electron chi connectivity index (χ0n) is 14.7. The molecule has 1 heterocycles. The first kappa shape index (κ1) is 18.1. The molecule has 2 aromatic carbocycles. The van der Waals surface area contributed by atoms with Crippen molar-refractivity contribution < 1.29 is 14.5 Å². The van der Waals surface area contributed by atoms with E-state index in [-0.39, 0.29) is 17.0 Å². The Kier molecular flexibility index (Phi) is 5.11. The van der Waals surface area contributed by atoms with E-state index < -0.39 is 10.8 Å².